The van der Waals surface area contributed by atoms with Crippen molar-refractivity contribution in [3.63, 3.8) is 0 Å². The number of hydrogen-bond donors (Lipinski definition) is 0. The highest BCUT2D eigenvalue weighted by Crippen LogP contribution is 2.30. The number of hydrogen-bond acceptors (Lipinski definition) is 3. The van der Waals surface area contributed by atoms with E-state index >= 15 is 0 Å². The Kier molecular flexibility index (Phi) is 5.76. The van der Waals surface area contributed by atoms with Gasteiger partial charge in [0.2, 0.25) is 0 Å². The quantitative estimate of drug-likeness (QED) is 0.743. The van der Waals surface area contributed by atoms with Gasteiger partial charge in [0.25, 0.3) is 9.05 Å². The summed E-state index contributed by atoms with van der Waals surface area (Å²) in [5.74, 6) is 0.646. The number of ether oxygens (including phenoxy) is 1. The summed E-state index contributed by atoms with van der Waals surface area (Å²) >= 11 is 5.76. The van der Waals surface area contributed by atoms with Crippen molar-refractivity contribution in [2.45, 2.75) is 31.6 Å². The molecular weight excluding hydrogens is 295 g/mol. The van der Waals surface area contributed by atoms with E-state index in [2.05, 4.69) is 13.8 Å². The Balaban J connectivity index is 2.96. The lowest BCUT2D eigenvalue weighted by molar-refractivity contribution is 0.235. The zero-order chi connectivity index (χ0) is 13.8. The van der Waals surface area contributed by atoms with Crippen LogP contribution >= 0.6 is 22.3 Å². The van der Waals surface area contributed by atoms with Crippen LogP contribution < -0.4 is 4.74 Å². The van der Waals surface area contributed by atoms with Gasteiger partial charge in [-0.25, -0.2) is 8.42 Å². The second-order valence-corrected chi connectivity index (χ2v) is 6.99. The number of halogens is 2. The van der Waals surface area contributed by atoms with Crippen molar-refractivity contribution in [1.82, 2.24) is 0 Å². The maximum atomic E-state index is 11.4. The second-order valence-electron chi connectivity index (χ2n) is 4.02. The lowest BCUT2D eigenvalue weighted by atomic mass is 10.1. The van der Waals surface area contributed by atoms with Gasteiger partial charge in [-0.3, -0.25) is 0 Å². The normalized spacial score (nSPS) is 11.8. The number of benzene rings is 1. The minimum atomic E-state index is -3.85. The van der Waals surface area contributed by atoms with Crippen LogP contribution in [0.25, 0.3) is 0 Å². The third-order valence-corrected chi connectivity index (χ3v) is 4.38. The molecule has 0 bridgehead atoms. The standard InChI is InChI=1S/C12H16Cl2O3S/c1-3-9(4-2)8-17-11-6-5-10(13)7-12(11)18(14,15)16/h5-7,9H,3-4,8H2,1-2H3. The van der Waals surface area contributed by atoms with E-state index in [1.54, 1.807) is 6.07 Å². The first-order valence-electron chi connectivity index (χ1n) is 5.75. The molecule has 6 heteroatoms. The Morgan fingerprint density at radius 1 is 1.28 bits per heavy atom. The van der Waals surface area contributed by atoms with Crippen LogP contribution in [0.3, 0.4) is 0 Å². The highest BCUT2D eigenvalue weighted by Gasteiger charge is 2.18. The topological polar surface area (TPSA) is 43.4 Å². The molecule has 0 fully saturated rings. The molecular formula is C12H16Cl2O3S. The molecule has 0 spiro atoms. The molecule has 1 aromatic rings. The zero-order valence-electron chi connectivity index (χ0n) is 10.3. The summed E-state index contributed by atoms with van der Waals surface area (Å²) in [4.78, 5) is -0.0809. The van der Waals surface area contributed by atoms with Gasteiger partial charge in [0.05, 0.1) is 6.61 Å². The van der Waals surface area contributed by atoms with Gasteiger partial charge in [-0.2, -0.15) is 0 Å². The lowest BCUT2D eigenvalue weighted by Gasteiger charge is -2.15. The van der Waals surface area contributed by atoms with E-state index in [4.69, 9.17) is 27.0 Å². The van der Waals surface area contributed by atoms with Crippen molar-refractivity contribution in [3.05, 3.63) is 23.2 Å². The van der Waals surface area contributed by atoms with Crippen LogP contribution in [-0.4, -0.2) is 15.0 Å². The van der Waals surface area contributed by atoms with E-state index < -0.39 is 9.05 Å². The van der Waals surface area contributed by atoms with E-state index in [-0.39, 0.29) is 10.6 Å². The number of rotatable bonds is 6. The van der Waals surface area contributed by atoms with Crippen molar-refractivity contribution in [3.8, 4) is 5.75 Å². The molecule has 0 aliphatic heterocycles. The van der Waals surface area contributed by atoms with Crippen molar-refractivity contribution in [2.75, 3.05) is 6.61 Å². The molecule has 18 heavy (non-hydrogen) atoms. The van der Waals surface area contributed by atoms with E-state index in [0.717, 1.165) is 12.8 Å². The minimum absolute atomic E-state index is 0.0809. The molecule has 0 aliphatic carbocycles. The molecule has 0 unspecified atom stereocenters. The van der Waals surface area contributed by atoms with Crippen LogP contribution in [0.4, 0.5) is 0 Å². The Bertz CT molecular complexity index is 496. The van der Waals surface area contributed by atoms with Gasteiger partial charge < -0.3 is 4.74 Å². The SMILES string of the molecule is CCC(CC)COc1ccc(Cl)cc1S(=O)(=O)Cl. The first-order valence-corrected chi connectivity index (χ1v) is 8.44. The molecule has 0 radical (unpaired) electrons. The lowest BCUT2D eigenvalue weighted by Crippen LogP contribution is -2.11. The minimum Gasteiger partial charge on any atom is -0.492 e. The van der Waals surface area contributed by atoms with E-state index in [9.17, 15) is 8.42 Å². The molecule has 0 N–H and O–H groups in total. The molecule has 0 aromatic heterocycles. The van der Waals surface area contributed by atoms with Crippen LogP contribution in [-0.2, 0) is 9.05 Å². The van der Waals surface area contributed by atoms with Crippen molar-refractivity contribution in [2.24, 2.45) is 5.92 Å². The Hall–Kier alpha value is -0.450. The van der Waals surface area contributed by atoms with Crippen LogP contribution in [0.1, 0.15) is 26.7 Å². The Morgan fingerprint density at radius 3 is 2.39 bits per heavy atom. The zero-order valence-corrected chi connectivity index (χ0v) is 12.6. The first-order chi connectivity index (χ1) is 8.38. The fraction of sp³-hybridized carbons (Fsp3) is 0.500. The molecule has 3 nitrogen and oxygen atoms in total. The fourth-order valence-corrected chi connectivity index (χ4v) is 2.76. The van der Waals surface area contributed by atoms with Gasteiger partial charge >= 0.3 is 0 Å². The van der Waals surface area contributed by atoms with Gasteiger partial charge in [-0.1, -0.05) is 38.3 Å². The maximum absolute atomic E-state index is 11.4. The predicted molar refractivity (Wildman–Crippen MR) is 74.1 cm³/mol. The predicted octanol–water partition coefficient (Wildman–Crippen LogP) is 4.08. The highest BCUT2D eigenvalue weighted by atomic mass is 35.7. The largest absolute Gasteiger partial charge is 0.492 e. The third kappa shape index (κ3) is 4.34. The van der Waals surface area contributed by atoms with Gasteiger partial charge in [0, 0.05) is 15.7 Å². The summed E-state index contributed by atoms with van der Waals surface area (Å²) in [5.41, 5.74) is 0. The van der Waals surface area contributed by atoms with Gasteiger partial charge in [-0.05, 0) is 24.1 Å². The summed E-state index contributed by atoms with van der Waals surface area (Å²) in [6, 6.07) is 4.40. The first kappa shape index (κ1) is 15.6. The molecule has 0 atom stereocenters. The van der Waals surface area contributed by atoms with Crippen molar-refractivity contribution >= 4 is 31.3 Å². The summed E-state index contributed by atoms with van der Waals surface area (Å²) in [6.45, 7) is 4.60. The molecule has 0 aliphatic rings. The molecule has 0 saturated heterocycles. The van der Waals surface area contributed by atoms with Gasteiger partial charge in [-0.15, -0.1) is 0 Å². The Labute approximate surface area is 117 Å². The monoisotopic (exact) mass is 310 g/mol. The molecule has 102 valence electrons. The highest BCUT2D eigenvalue weighted by molar-refractivity contribution is 8.13. The molecule has 0 amide bonds. The van der Waals surface area contributed by atoms with Crippen LogP contribution in [0, 0.1) is 5.92 Å². The fourth-order valence-electron chi connectivity index (χ4n) is 1.52. The second kappa shape index (κ2) is 6.64. The summed E-state index contributed by atoms with van der Waals surface area (Å²) in [6.07, 6.45) is 1.96. The molecule has 1 rings (SSSR count). The van der Waals surface area contributed by atoms with E-state index in [0.29, 0.717) is 17.5 Å². The van der Waals surface area contributed by atoms with Crippen LogP contribution in [0.15, 0.2) is 23.1 Å². The van der Waals surface area contributed by atoms with E-state index in [1.807, 2.05) is 0 Å². The van der Waals surface area contributed by atoms with Crippen molar-refractivity contribution < 1.29 is 13.2 Å². The third-order valence-electron chi connectivity index (χ3n) is 2.80. The smallest absolute Gasteiger partial charge is 0.265 e. The summed E-state index contributed by atoms with van der Waals surface area (Å²) < 4.78 is 28.4. The average Bonchev–Trinajstić information content (AvgIpc) is 2.30. The van der Waals surface area contributed by atoms with Crippen LogP contribution in [0.2, 0.25) is 5.02 Å². The summed E-state index contributed by atoms with van der Waals surface area (Å²) in [5, 5.41) is 0.309. The Morgan fingerprint density at radius 2 is 1.89 bits per heavy atom. The average molecular weight is 311 g/mol. The summed E-state index contributed by atoms with van der Waals surface area (Å²) in [7, 11) is 1.50. The van der Waals surface area contributed by atoms with E-state index in [1.165, 1.54) is 12.1 Å². The molecule has 0 heterocycles. The van der Waals surface area contributed by atoms with Crippen molar-refractivity contribution in [1.29, 1.82) is 0 Å². The van der Waals surface area contributed by atoms with Gasteiger partial charge in [0.15, 0.2) is 0 Å². The maximum Gasteiger partial charge on any atom is 0.265 e. The molecule has 1 aromatic carbocycles. The molecule has 0 saturated carbocycles. The van der Waals surface area contributed by atoms with Crippen LogP contribution in [0.5, 0.6) is 5.75 Å². The van der Waals surface area contributed by atoms with Gasteiger partial charge in [0.1, 0.15) is 10.6 Å².